The molecule has 1 aromatic rings. The van der Waals surface area contributed by atoms with E-state index in [1.165, 1.54) is 0 Å². The van der Waals surface area contributed by atoms with Crippen LogP contribution in [0.5, 0.6) is 0 Å². The van der Waals surface area contributed by atoms with Crippen LogP contribution in [0.25, 0.3) is 0 Å². The zero-order valence-corrected chi connectivity index (χ0v) is 11.9. The summed E-state index contributed by atoms with van der Waals surface area (Å²) in [4.78, 5) is 15.6. The Kier molecular flexibility index (Phi) is 4.48. The fourth-order valence-corrected chi connectivity index (χ4v) is 2.49. The second kappa shape index (κ2) is 6.51. The smallest absolute Gasteiger partial charge is 0.223 e. The minimum Gasteiger partial charge on any atom is -0.389 e. The van der Waals surface area contributed by atoms with Crippen LogP contribution in [0, 0.1) is 5.92 Å². The van der Waals surface area contributed by atoms with Gasteiger partial charge in [-0.1, -0.05) is 6.07 Å². The van der Waals surface area contributed by atoms with Crippen LogP contribution in [0.1, 0.15) is 18.4 Å². The molecule has 114 valence electrons. The Hall–Kier alpha value is -1.50. The molecule has 1 aromatic heterocycles. The maximum Gasteiger partial charge on any atom is 0.223 e. The molecule has 0 spiro atoms. The van der Waals surface area contributed by atoms with Crippen LogP contribution in [0.3, 0.4) is 0 Å². The normalized spacial score (nSPS) is 28.5. The number of ether oxygens (including phenoxy) is 1. The molecule has 21 heavy (non-hydrogen) atoms. The lowest BCUT2D eigenvalue weighted by Gasteiger charge is -2.18. The molecule has 2 fully saturated rings. The van der Waals surface area contributed by atoms with E-state index in [1.54, 1.807) is 12.4 Å². The first-order chi connectivity index (χ1) is 10.2. The first kappa shape index (κ1) is 14.4. The summed E-state index contributed by atoms with van der Waals surface area (Å²) in [5.41, 5.74) is 1.06. The van der Waals surface area contributed by atoms with Gasteiger partial charge in [-0.05, 0) is 24.5 Å². The number of nitrogens with zero attached hydrogens (tertiary/aromatic N) is 1. The highest BCUT2D eigenvalue weighted by Crippen LogP contribution is 2.28. The molecule has 2 heterocycles. The number of aliphatic hydroxyl groups is 1. The minimum atomic E-state index is -0.610. The zero-order valence-electron chi connectivity index (χ0n) is 11.9. The first-order valence-electron chi connectivity index (χ1n) is 7.43. The molecule has 3 unspecified atom stereocenters. The highest BCUT2D eigenvalue weighted by molar-refractivity contribution is 5.80. The fourth-order valence-electron chi connectivity index (χ4n) is 2.49. The standard InChI is InChI=1S/C15H21N3O3/c19-14-12(17-7-10-2-1-5-16-6-10)9-21-13(14)8-18-15(20)11-3-4-11/h1-2,5-6,11-14,17,19H,3-4,7-9H2,(H,18,20). The van der Waals surface area contributed by atoms with Crippen molar-refractivity contribution in [2.24, 2.45) is 5.92 Å². The monoisotopic (exact) mass is 291 g/mol. The average Bonchev–Trinajstić information content (AvgIpc) is 3.30. The van der Waals surface area contributed by atoms with E-state index in [-0.39, 0.29) is 24.0 Å². The van der Waals surface area contributed by atoms with E-state index in [2.05, 4.69) is 15.6 Å². The lowest BCUT2D eigenvalue weighted by Crippen LogP contribution is -2.44. The number of carbonyl (C=O) groups is 1. The Morgan fingerprint density at radius 2 is 2.33 bits per heavy atom. The van der Waals surface area contributed by atoms with Gasteiger partial charge in [-0.2, -0.15) is 0 Å². The number of nitrogens with one attached hydrogen (secondary N) is 2. The Morgan fingerprint density at radius 1 is 1.48 bits per heavy atom. The second-order valence-corrected chi connectivity index (χ2v) is 5.73. The summed E-state index contributed by atoms with van der Waals surface area (Å²) in [5.74, 6) is 0.264. The quantitative estimate of drug-likeness (QED) is 0.677. The second-order valence-electron chi connectivity index (χ2n) is 5.73. The number of rotatable bonds is 6. The molecule has 0 bridgehead atoms. The van der Waals surface area contributed by atoms with Gasteiger partial charge in [0.25, 0.3) is 0 Å². The van der Waals surface area contributed by atoms with E-state index in [1.807, 2.05) is 12.1 Å². The van der Waals surface area contributed by atoms with Crippen molar-refractivity contribution in [1.29, 1.82) is 0 Å². The van der Waals surface area contributed by atoms with Gasteiger partial charge >= 0.3 is 0 Å². The number of aliphatic hydroxyl groups excluding tert-OH is 1. The third-order valence-electron chi connectivity index (χ3n) is 4.00. The van der Waals surface area contributed by atoms with E-state index in [4.69, 9.17) is 4.74 Å². The Bertz CT molecular complexity index is 478. The fraction of sp³-hybridized carbons (Fsp3) is 0.600. The van der Waals surface area contributed by atoms with Gasteiger partial charge in [0.15, 0.2) is 0 Å². The van der Waals surface area contributed by atoms with Crippen molar-refractivity contribution >= 4 is 5.91 Å². The Balaban J connectivity index is 1.42. The summed E-state index contributed by atoms with van der Waals surface area (Å²) in [6, 6.07) is 3.75. The number of hydrogen-bond donors (Lipinski definition) is 3. The van der Waals surface area contributed by atoms with Gasteiger partial charge in [-0.15, -0.1) is 0 Å². The van der Waals surface area contributed by atoms with Gasteiger partial charge in [0.05, 0.1) is 18.8 Å². The summed E-state index contributed by atoms with van der Waals surface area (Å²) < 4.78 is 5.57. The van der Waals surface area contributed by atoms with Crippen LogP contribution in [0.15, 0.2) is 24.5 Å². The first-order valence-corrected chi connectivity index (χ1v) is 7.43. The third-order valence-corrected chi connectivity index (χ3v) is 4.00. The van der Waals surface area contributed by atoms with Crippen molar-refractivity contribution in [2.75, 3.05) is 13.2 Å². The molecule has 2 aliphatic rings. The molecule has 1 aliphatic heterocycles. The molecule has 0 radical (unpaired) electrons. The highest BCUT2D eigenvalue weighted by atomic mass is 16.5. The SMILES string of the molecule is O=C(NCC1OCC(NCc2cccnc2)C1O)C1CC1. The maximum absolute atomic E-state index is 11.6. The lowest BCUT2D eigenvalue weighted by molar-refractivity contribution is -0.123. The molecule has 6 nitrogen and oxygen atoms in total. The molecule has 6 heteroatoms. The topological polar surface area (TPSA) is 83.5 Å². The molecular weight excluding hydrogens is 270 g/mol. The summed E-state index contributed by atoms with van der Waals surface area (Å²) >= 11 is 0. The minimum absolute atomic E-state index is 0.0811. The van der Waals surface area contributed by atoms with Gasteiger partial charge in [-0.25, -0.2) is 0 Å². The highest BCUT2D eigenvalue weighted by Gasteiger charge is 2.37. The third kappa shape index (κ3) is 3.78. The van der Waals surface area contributed by atoms with E-state index in [9.17, 15) is 9.90 Å². The van der Waals surface area contributed by atoms with Gasteiger partial charge in [0.1, 0.15) is 6.10 Å². The number of amides is 1. The summed E-state index contributed by atoms with van der Waals surface area (Å²) in [6.07, 6.45) is 4.54. The summed E-state index contributed by atoms with van der Waals surface area (Å²) in [5, 5.41) is 16.4. The zero-order chi connectivity index (χ0) is 14.7. The van der Waals surface area contributed by atoms with Gasteiger partial charge in [0.2, 0.25) is 5.91 Å². The van der Waals surface area contributed by atoms with Gasteiger partial charge < -0.3 is 20.5 Å². The molecule has 1 aliphatic carbocycles. The lowest BCUT2D eigenvalue weighted by atomic mass is 10.1. The van der Waals surface area contributed by atoms with Crippen LogP contribution in [0.2, 0.25) is 0 Å². The Morgan fingerprint density at radius 3 is 3.05 bits per heavy atom. The van der Waals surface area contributed by atoms with E-state index in [0.29, 0.717) is 19.7 Å². The number of hydrogen-bond acceptors (Lipinski definition) is 5. The Labute approximate surface area is 123 Å². The van der Waals surface area contributed by atoms with E-state index in [0.717, 1.165) is 18.4 Å². The molecule has 3 atom stereocenters. The molecule has 3 rings (SSSR count). The van der Waals surface area contributed by atoms with E-state index >= 15 is 0 Å². The van der Waals surface area contributed by atoms with Gasteiger partial charge in [0, 0.05) is 31.4 Å². The molecular formula is C15H21N3O3. The van der Waals surface area contributed by atoms with Crippen molar-refractivity contribution in [3.63, 3.8) is 0 Å². The largest absolute Gasteiger partial charge is 0.389 e. The molecule has 3 N–H and O–H groups in total. The van der Waals surface area contributed by atoms with Crippen LogP contribution < -0.4 is 10.6 Å². The molecule has 1 saturated carbocycles. The predicted molar refractivity (Wildman–Crippen MR) is 76.3 cm³/mol. The number of pyridine rings is 1. The van der Waals surface area contributed by atoms with Crippen molar-refractivity contribution in [1.82, 2.24) is 15.6 Å². The van der Waals surface area contributed by atoms with Crippen molar-refractivity contribution < 1.29 is 14.6 Å². The maximum atomic E-state index is 11.6. The van der Waals surface area contributed by atoms with Gasteiger partial charge in [-0.3, -0.25) is 9.78 Å². The summed E-state index contributed by atoms with van der Waals surface area (Å²) in [6.45, 7) is 1.47. The van der Waals surface area contributed by atoms with Crippen LogP contribution in [0.4, 0.5) is 0 Å². The number of aromatic nitrogens is 1. The molecule has 1 amide bonds. The molecule has 1 saturated heterocycles. The molecule has 0 aromatic carbocycles. The van der Waals surface area contributed by atoms with Crippen molar-refractivity contribution in [3.05, 3.63) is 30.1 Å². The average molecular weight is 291 g/mol. The summed E-state index contributed by atoms with van der Waals surface area (Å²) in [7, 11) is 0. The predicted octanol–water partition coefficient (Wildman–Crippen LogP) is -0.174. The van der Waals surface area contributed by atoms with Crippen LogP contribution in [-0.4, -0.2) is 47.4 Å². The van der Waals surface area contributed by atoms with Crippen molar-refractivity contribution in [3.8, 4) is 0 Å². The van der Waals surface area contributed by atoms with Crippen LogP contribution in [-0.2, 0) is 16.1 Å². The van der Waals surface area contributed by atoms with Crippen LogP contribution >= 0.6 is 0 Å². The van der Waals surface area contributed by atoms with E-state index < -0.39 is 6.10 Å². The number of carbonyl (C=O) groups excluding carboxylic acids is 1. The van der Waals surface area contributed by atoms with Crippen molar-refractivity contribution in [2.45, 2.75) is 37.6 Å².